The second-order valence-corrected chi connectivity index (χ2v) is 16.3. The van der Waals surface area contributed by atoms with Gasteiger partial charge in [-0.2, -0.15) is 0 Å². The van der Waals surface area contributed by atoms with Gasteiger partial charge in [0.2, 0.25) is 0 Å². The second kappa shape index (κ2) is 50.0. The summed E-state index contributed by atoms with van der Waals surface area (Å²) in [5.41, 5.74) is 0. The molecule has 352 valence electrons. The highest BCUT2D eigenvalue weighted by Gasteiger charge is 2.19. The lowest BCUT2D eigenvalue weighted by atomic mass is 10.1. The molecular formula is C56H92O6. The van der Waals surface area contributed by atoms with Gasteiger partial charge in [0.1, 0.15) is 13.2 Å². The number of esters is 3. The third kappa shape index (κ3) is 47.4. The third-order valence-corrected chi connectivity index (χ3v) is 10.3. The molecule has 0 N–H and O–H groups in total. The fourth-order valence-electron chi connectivity index (χ4n) is 6.54. The number of carbonyl (C=O) groups excluding carboxylic acids is 3. The van der Waals surface area contributed by atoms with Crippen LogP contribution in [0.4, 0.5) is 0 Å². The molecular weight excluding hydrogens is 769 g/mol. The molecule has 0 aromatic heterocycles. The summed E-state index contributed by atoms with van der Waals surface area (Å²) in [6, 6.07) is 0. The predicted octanol–water partition coefficient (Wildman–Crippen LogP) is 16.6. The van der Waals surface area contributed by atoms with Crippen molar-refractivity contribution in [1.82, 2.24) is 0 Å². The summed E-state index contributed by atoms with van der Waals surface area (Å²) < 4.78 is 16.7. The first-order valence-corrected chi connectivity index (χ1v) is 25.2. The number of rotatable bonds is 44. The van der Waals surface area contributed by atoms with E-state index >= 15 is 0 Å². The number of carbonyl (C=O) groups is 3. The van der Waals surface area contributed by atoms with Gasteiger partial charge in [-0.3, -0.25) is 14.4 Å². The molecule has 0 saturated carbocycles. The predicted molar refractivity (Wildman–Crippen MR) is 265 cm³/mol. The number of allylic oxidation sites excluding steroid dienone is 16. The lowest BCUT2D eigenvalue weighted by Gasteiger charge is -2.18. The largest absolute Gasteiger partial charge is 0.462 e. The Kier molecular flexibility index (Phi) is 47.0. The van der Waals surface area contributed by atoms with Crippen molar-refractivity contribution in [3.8, 4) is 0 Å². The summed E-state index contributed by atoms with van der Waals surface area (Å²) in [7, 11) is 0. The molecule has 0 spiro atoms. The van der Waals surface area contributed by atoms with Crippen molar-refractivity contribution >= 4 is 17.9 Å². The van der Waals surface area contributed by atoms with E-state index in [9.17, 15) is 14.4 Å². The van der Waals surface area contributed by atoms with Crippen LogP contribution in [-0.4, -0.2) is 37.2 Å². The molecule has 0 aliphatic heterocycles. The van der Waals surface area contributed by atoms with E-state index in [4.69, 9.17) is 14.2 Å². The van der Waals surface area contributed by atoms with Crippen molar-refractivity contribution in [3.05, 3.63) is 97.2 Å². The Morgan fingerprint density at radius 3 is 1.08 bits per heavy atom. The van der Waals surface area contributed by atoms with Gasteiger partial charge >= 0.3 is 17.9 Å². The lowest BCUT2D eigenvalue weighted by Crippen LogP contribution is -2.30. The molecule has 0 saturated heterocycles. The van der Waals surface area contributed by atoms with E-state index < -0.39 is 6.10 Å². The zero-order valence-electron chi connectivity index (χ0n) is 40.1. The van der Waals surface area contributed by atoms with Crippen LogP contribution in [0, 0.1) is 0 Å². The van der Waals surface area contributed by atoms with Gasteiger partial charge < -0.3 is 14.2 Å². The second-order valence-electron chi connectivity index (χ2n) is 16.3. The normalized spacial score (nSPS) is 12.9. The van der Waals surface area contributed by atoms with Gasteiger partial charge in [-0.1, -0.05) is 201 Å². The van der Waals surface area contributed by atoms with Crippen LogP contribution >= 0.6 is 0 Å². The average molecular weight is 861 g/mol. The third-order valence-electron chi connectivity index (χ3n) is 10.3. The fraction of sp³-hybridized carbons (Fsp3) is 0.661. The van der Waals surface area contributed by atoms with E-state index in [1.54, 1.807) is 0 Å². The van der Waals surface area contributed by atoms with Crippen molar-refractivity contribution < 1.29 is 28.6 Å². The first kappa shape index (κ1) is 58.3. The van der Waals surface area contributed by atoms with E-state index in [0.717, 1.165) is 103 Å². The standard InChI is InChI=1S/C56H92O6/c1-4-7-10-13-16-19-21-23-24-25-26-27-28-29-30-31-32-34-35-37-40-43-46-49-55(58)61-52-53(51-60-54(57)48-45-42-39-18-15-12-9-6-3)62-56(59)50-47-44-41-38-36-33-22-20-17-14-11-8-5-2/h7,10,16,19-20,22-24,26-27,29-30,32,34,37,40,53H,4-6,8-9,11-15,17-18,21,25,28,31,33,35-36,38-39,41-52H2,1-3H3/b10-7-,19-16-,22-20-,24-23-,27-26-,30-29-,34-32-,40-37-. The zero-order valence-corrected chi connectivity index (χ0v) is 40.1. The highest BCUT2D eigenvalue weighted by Crippen LogP contribution is 2.13. The molecule has 0 aromatic carbocycles. The number of hydrogen-bond donors (Lipinski definition) is 0. The molecule has 6 heteroatoms. The molecule has 1 unspecified atom stereocenters. The fourth-order valence-corrected chi connectivity index (χ4v) is 6.54. The highest BCUT2D eigenvalue weighted by atomic mass is 16.6. The quantitative estimate of drug-likeness (QED) is 0.0263. The molecule has 0 radical (unpaired) electrons. The maximum absolute atomic E-state index is 12.7. The van der Waals surface area contributed by atoms with E-state index in [2.05, 4.69) is 118 Å². The van der Waals surface area contributed by atoms with Crippen LogP contribution in [0.2, 0.25) is 0 Å². The maximum atomic E-state index is 12.7. The van der Waals surface area contributed by atoms with Gasteiger partial charge in [0.25, 0.3) is 0 Å². The highest BCUT2D eigenvalue weighted by molar-refractivity contribution is 5.71. The first-order chi connectivity index (χ1) is 30.5. The van der Waals surface area contributed by atoms with Crippen molar-refractivity contribution in [3.63, 3.8) is 0 Å². The monoisotopic (exact) mass is 861 g/mol. The molecule has 0 amide bonds. The van der Waals surface area contributed by atoms with Gasteiger partial charge in [-0.25, -0.2) is 0 Å². The molecule has 62 heavy (non-hydrogen) atoms. The summed E-state index contributed by atoms with van der Waals surface area (Å²) in [5.74, 6) is -0.980. The summed E-state index contributed by atoms with van der Waals surface area (Å²) in [6.45, 7) is 6.40. The molecule has 1 atom stereocenters. The summed E-state index contributed by atoms with van der Waals surface area (Å²) in [4.78, 5) is 37.8. The van der Waals surface area contributed by atoms with E-state index in [-0.39, 0.29) is 37.5 Å². The Morgan fingerprint density at radius 2 is 0.645 bits per heavy atom. The van der Waals surface area contributed by atoms with E-state index in [1.807, 2.05) is 0 Å². The van der Waals surface area contributed by atoms with Crippen LogP contribution in [0.25, 0.3) is 0 Å². The topological polar surface area (TPSA) is 78.9 Å². The lowest BCUT2D eigenvalue weighted by molar-refractivity contribution is -0.167. The molecule has 0 fully saturated rings. The van der Waals surface area contributed by atoms with Crippen LogP contribution in [-0.2, 0) is 28.6 Å². The Hall–Kier alpha value is -3.67. The Balaban J connectivity index is 4.40. The summed E-state index contributed by atoms with van der Waals surface area (Å²) in [6.07, 6.45) is 65.5. The van der Waals surface area contributed by atoms with Gasteiger partial charge in [0.05, 0.1) is 0 Å². The summed E-state index contributed by atoms with van der Waals surface area (Å²) >= 11 is 0. The smallest absolute Gasteiger partial charge is 0.306 e. The molecule has 0 aromatic rings. The van der Waals surface area contributed by atoms with E-state index in [1.165, 1.54) is 70.6 Å². The number of ether oxygens (including phenoxy) is 3. The van der Waals surface area contributed by atoms with Gasteiger partial charge in [0.15, 0.2) is 6.10 Å². The minimum atomic E-state index is -0.802. The van der Waals surface area contributed by atoms with Gasteiger partial charge in [0, 0.05) is 19.3 Å². The average Bonchev–Trinajstić information content (AvgIpc) is 3.27. The number of unbranched alkanes of at least 4 members (excludes halogenated alkanes) is 17. The van der Waals surface area contributed by atoms with Crippen LogP contribution in [0.3, 0.4) is 0 Å². The minimum Gasteiger partial charge on any atom is -0.462 e. The van der Waals surface area contributed by atoms with Crippen LogP contribution in [0.1, 0.15) is 220 Å². The Labute approximate surface area is 381 Å². The molecule has 0 aliphatic carbocycles. The number of hydrogen-bond acceptors (Lipinski definition) is 6. The SMILES string of the molecule is CC/C=C\C/C=C\C/C=C\C/C=C\C/C=C\C/C=C\C/C=C\CCCC(=O)OCC(COC(=O)CCCCCCCCCC)OC(=O)CCCCCCC/C=C\CCCCCC. The molecule has 6 nitrogen and oxygen atoms in total. The first-order valence-electron chi connectivity index (χ1n) is 25.2. The van der Waals surface area contributed by atoms with E-state index in [0.29, 0.717) is 19.3 Å². The van der Waals surface area contributed by atoms with Crippen molar-refractivity contribution in [2.75, 3.05) is 13.2 Å². The van der Waals surface area contributed by atoms with Crippen molar-refractivity contribution in [1.29, 1.82) is 0 Å². The minimum absolute atomic E-state index is 0.0989. The van der Waals surface area contributed by atoms with Gasteiger partial charge in [-0.05, 0) is 96.3 Å². The van der Waals surface area contributed by atoms with Crippen molar-refractivity contribution in [2.24, 2.45) is 0 Å². The zero-order chi connectivity index (χ0) is 45.1. The Bertz CT molecular complexity index is 1260. The maximum Gasteiger partial charge on any atom is 0.306 e. The van der Waals surface area contributed by atoms with Gasteiger partial charge in [-0.15, -0.1) is 0 Å². The molecule has 0 rings (SSSR count). The van der Waals surface area contributed by atoms with Crippen LogP contribution in [0.15, 0.2) is 97.2 Å². The van der Waals surface area contributed by atoms with Crippen LogP contribution < -0.4 is 0 Å². The summed E-state index contributed by atoms with van der Waals surface area (Å²) in [5, 5.41) is 0. The molecule has 0 aliphatic rings. The van der Waals surface area contributed by atoms with Crippen molar-refractivity contribution in [2.45, 2.75) is 226 Å². The molecule has 0 heterocycles. The molecule has 0 bridgehead atoms. The van der Waals surface area contributed by atoms with Crippen LogP contribution in [0.5, 0.6) is 0 Å². The Morgan fingerprint density at radius 1 is 0.339 bits per heavy atom.